The quantitative estimate of drug-likeness (QED) is 0.642. The summed E-state index contributed by atoms with van der Waals surface area (Å²) in [6.07, 6.45) is -2.00. The summed E-state index contributed by atoms with van der Waals surface area (Å²) in [5.41, 5.74) is -2.39. The van der Waals surface area contributed by atoms with Gasteiger partial charge in [-0.1, -0.05) is 33.6 Å². The maximum atomic E-state index is 12.8. The summed E-state index contributed by atoms with van der Waals surface area (Å²) < 4.78 is 43.2. The molecule has 0 heterocycles. The van der Waals surface area contributed by atoms with Gasteiger partial charge in [0.1, 0.15) is 0 Å². The molecular formula is C13H23F3O2. The van der Waals surface area contributed by atoms with Crippen molar-refractivity contribution in [2.45, 2.75) is 59.6 Å². The first-order valence-electron chi connectivity index (χ1n) is 6.43. The number of ether oxygens (including phenoxy) is 1. The first-order chi connectivity index (χ1) is 8.19. The average molecular weight is 268 g/mol. The number of rotatable bonds is 7. The number of hydrogen-bond donors (Lipinski definition) is 0. The van der Waals surface area contributed by atoms with E-state index in [9.17, 15) is 18.0 Å². The molecule has 0 fully saturated rings. The van der Waals surface area contributed by atoms with Crippen LogP contribution in [0, 0.1) is 11.3 Å². The second-order valence-corrected chi connectivity index (χ2v) is 5.03. The summed E-state index contributed by atoms with van der Waals surface area (Å²) in [6, 6.07) is 0. The fourth-order valence-electron chi connectivity index (χ4n) is 1.47. The third-order valence-corrected chi connectivity index (χ3v) is 3.33. The second-order valence-electron chi connectivity index (χ2n) is 5.03. The third-order valence-electron chi connectivity index (χ3n) is 3.33. The lowest BCUT2D eigenvalue weighted by Gasteiger charge is -2.28. The molecule has 0 aromatic carbocycles. The molecule has 0 bridgehead atoms. The van der Waals surface area contributed by atoms with Crippen molar-refractivity contribution < 1.29 is 22.7 Å². The number of unbranched alkanes of at least 4 members (excludes halogenated alkanes) is 1. The van der Waals surface area contributed by atoms with Gasteiger partial charge in [0.25, 0.3) is 0 Å². The van der Waals surface area contributed by atoms with Gasteiger partial charge >= 0.3 is 12.1 Å². The Morgan fingerprint density at radius 3 is 2.22 bits per heavy atom. The molecule has 0 radical (unpaired) electrons. The highest BCUT2D eigenvalue weighted by Crippen LogP contribution is 2.41. The maximum absolute atomic E-state index is 12.8. The van der Waals surface area contributed by atoms with Crippen LogP contribution < -0.4 is 0 Å². The Morgan fingerprint density at radius 1 is 1.28 bits per heavy atom. The maximum Gasteiger partial charge on any atom is 0.404 e. The molecule has 18 heavy (non-hydrogen) atoms. The predicted octanol–water partition coefficient (Wildman–Crippen LogP) is 4.33. The molecular weight excluding hydrogens is 245 g/mol. The Labute approximate surface area is 107 Å². The van der Waals surface area contributed by atoms with Crippen molar-refractivity contribution in [2.24, 2.45) is 11.3 Å². The van der Waals surface area contributed by atoms with Gasteiger partial charge in [-0.2, -0.15) is 13.2 Å². The number of alkyl halides is 3. The molecule has 0 spiro atoms. The zero-order chi connectivity index (χ0) is 14.4. The molecule has 2 atom stereocenters. The Bertz CT molecular complexity index is 263. The van der Waals surface area contributed by atoms with Gasteiger partial charge in [-0.05, 0) is 25.7 Å². The minimum absolute atomic E-state index is 0.0600. The molecule has 0 aliphatic heterocycles. The molecule has 0 aliphatic carbocycles. The van der Waals surface area contributed by atoms with Crippen molar-refractivity contribution in [3.8, 4) is 0 Å². The number of halogens is 3. The van der Waals surface area contributed by atoms with Crippen LogP contribution in [0.15, 0.2) is 0 Å². The van der Waals surface area contributed by atoms with Gasteiger partial charge in [0.15, 0.2) is 5.41 Å². The molecule has 2 nitrogen and oxygen atoms in total. The van der Waals surface area contributed by atoms with Crippen molar-refractivity contribution >= 4 is 5.97 Å². The van der Waals surface area contributed by atoms with Gasteiger partial charge in [-0.15, -0.1) is 0 Å². The van der Waals surface area contributed by atoms with Crippen LogP contribution in [-0.2, 0) is 9.53 Å². The lowest BCUT2D eigenvalue weighted by molar-refractivity contribution is -0.231. The zero-order valence-electron chi connectivity index (χ0n) is 11.6. The van der Waals surface area contributed by atoms with E-state index < -0.39 is 17.6 Å². The standard InChI is InChI=1S/C13H23F3O2/c1-5-7-8-10(3)9-18-11(17)12(4,6-2)13(14,15)16/h10H,5-9H2,1-4H3. The third kappa shape index (κ3) is 4.50. The van der Waals surface area contributed by atoms with E-state index >= 15 is 0 Å². The van der Waals surface area contributed by atoms with Crippen LogP contribution in [0.25, 0.3) is 0 Å². The molecule has 0 N–H and O–H groups in total. The van der Waals surface area contributed by atoms with Crippen LogP contribution in [-0.4, -0.2) is 18.8 Å². The smallest absolute Gasteiger partial charge is 0.404 e. The van der Waals surface area contributed by atoms with E-state index in [-0.39, 0.29) is 18.9 Å². The molecule has 0 amide bonds. The molecule has 0 saturated carbocycles. The first kappa shape index (κ1) is 17.3. The van der Waals surface area contributed by atoms with Crippen molar-refractivity contribution in [3.63, 3.8) is 0 Å². The van der Waals surface area contributed by atoms with E-state index in [1.54, 1.807) is 0 Å². The molecule has 0 aromatic heterocycles. The summed E-state index contributed by atoms with van der Waals surface area (Å²) in [5, 5.41) is 0. The molecule has 0 aliphatic rings. The van der Waals surface area contributed by atoms with E-state index in [1.807, 2.05) is 13.8 Å². The summed E-state index contributed by atoms with van der Waals surface area (Å²) in [4.78, 5) is 11.6. The zero-order valence-corrected chi connectivity index (χ0v) is 11.6. The van der Waals surface area contributed by atoms with Gasteiger partial charge in [-0.3, -0.25) is 4.79 Å². The van der Waals surface area contributed by atoms with Gasteiger partial charge in [0.05, 0.1) is 6.61 Å². The summed E-state index contributed by atoms with van der Waals surface area (Å²) in [6.45, 7) is 6.21. The molecule has 5 heteroatoms. The van der Waals surface area contributed by atoms with Crippen LogP contribution >= 0.6 is 0 Å². The topological polar surface area (TPSA) is 26.3 Å². The number of esters is 1. The molecule has 0 rings (SSSR count). The predicted molar refractivity (Wildman–Crippen MR) is 64.1 cm³/mol. The van der Waals surface area contributed by atoms with E-state index in [2.05, 4.69) is 0 Å². The second kappa shape index (κ2) is 7.00. The minimum atomic E-state index is -4.56. The largest absolute Gasteiger partial charge is 0.465 e. The van der Waals surface area contributed by atoms with Crippen LogP contribution in [0.3, 0.4) is 0 Å². The first-order valence-corrected chi connectivity index (χ1v) is 6.43. The summed E-state index contributed by atoms with van der Waals surface area (Å²) >= 11 is 0. The summed E-state index contributed by atoms with van der Waals surface area (Å²) in [5.74, 6) is -1.07. The minimum Gasteiger partial charge on any atom is -0.465 e. The Balaban J connectivity index is 4.39. The van der Waals surface area contributed by atoms with Crippen molar-refractivity contribution in [1.82, 2.24) is 0 Å². The van der Waals surface area contributed by atoms with Crippen LogP contribution in [0.2, 0.25) is 0 Å². The lowest BCUT2D eigenvalue weighted by Crippen LogP contribution is -2.43. The number of carbonyl (C=O) groups is 1. The lowest BCUT2D eigenvalue weighted by atomic mass is 9.87. The van der Waals surface area contributed by atoms with Gasteiger partial charge in [-0.25, -0.2) is 0 Å². The fraction of sp³-hybridized carbons (Fsp3) is 0.923. The van der Waals surface area contributed by atoms with Gasteiger partial charge in [0, 0.05) is 0 Å². The Hall–Kier alpha value is -0.740. The highest BCUT2D eigenvalue weighted by atomic mass is 19.4. The van der Waals surface area contributed by atoms with E-state index in [1.165, 1.54) is 6.92 Å². The monoisotopic (exact) mass is 268 g/mol. The van der Waals surface area contributed by atoms with Crippen LogP contribution in [0.5, 0.6) is 0 Å². The molecule has 108 valence electrons. The highest BCUT2D eigenvalue weighted by molar-refractivity contribution is 5.77. The highest BCUT2D eigenvalue weighted by Gasteiger charge is 2.56. The van der Waals surface area contributed by atoms with Gasteiger partial charge < -0.3 is 4.74 Å². The van der Waals surface area contributed by atoms with Gasteiger partial charge in [0.2, 0.25) is 0 Å². The average Bonchev–Trinajstić information content (AvgIpc) is 2.30. The molecule has 0 aromatic rings. The Kier molecular flexibility index (Phi) is 6.71. The van der Waals surface area contributed by atoms with Crippen molar-refractivity contribution in [2.75, 3.05) is 6.61 Å². The molecule has 0 saturated heterocycles. The number of carbonyl (C=O) groups excluding carboxylic acids is 1. The van der Waals surface area contributed by atoms with E-state index in [0.717, 1.165) is 26.2 Å². The normalized spacial score (nSPS) is 17.1. The van der Waals surface area contributed by atoms with Crippen LogP contribution in [0.1, 0.15) is 53.4 Å². The van der Waals surface area contributed by atoms with E-state index in [0.29, 0.717) is 0 Å². The SMILES string of the molecule is CCCCC(C)COC(=O)C(C)(CC)C(F)(F)F. The fourth-order valence-corrected chi connectivity index (χ4v) is 1.47. The molecule has 2 unspecified atom stereocenters. The van der Waals surface area contributed by atoms with Crippen molar-refractivity contribution in [1.29, 1.82) is 0 Å². The van der Waals surface area contributed by atoms with E-state index in [4.69, 9.17) is 4.74 Å². The number of hydrogen-bond acceptors (Lipinski definition) is 2. The van der Waals surface area contributed by atoms with Crippen molar-refractivity contribution in [3.05, 3.63) is 0 Å². The van der Waals surface area contributed by atoms with Crippen LogP contribution in [0.4, 0.5) is 13.2 Å². The summed E-state index contributed by atoms with van der Waals surface area (Å²) in [7, 11) is 0. The Morgan fingerprint density at radius 2 is 1.83 bits per heavy atom.